The van der Waals surface area contributed by atoms with Crippen LogP contribution in [0.5, 0.6) is 0 Å². The van der Waals surface area contributed by atoms with Crippen molar-refractivity contribution in [3.63, 3.8) is 0 Å². The van der Waals surface area contributed by atoms with Crippen LogP contribution in [0.3, 0.4) is 0 Å². The van der Waals surface area contributed by atoms with Gasteiger partial charge < -0.3 is 10.6 Å². The van der Waals surface area contributed by atoms with Gasteiger partial charge in [-0.25, -0.2) is 4.98 Å². The van der Waals surface area contributed by atoms with Crippen molar-refractivity contribution in [2.24, 2.45) is 0 Å². The van der Waals surface area contributed by atoms with E-state index in [1.807, 2.05) is 12.4 Å². The topological polar surface area (TPSA) is 54.0 Å². The van der Waals surface area contributed by atoms with Gasteiger partial charge in [-0.3, -0.25) is 4.79 Å². The highest BCUT2D eigenvalue weighted by atomic mass is 35.5. The van der Waals surface area contributed by atoms with Gasteiger partial charge in [-0.15, -0.1) is 23.7 Å². The Labute approximate surface area is 148 Å². The van der Waals surface area contributed by atoms with Crippen LogP contribution in [-0.4, -0.2) is 31.0 Å². The summed E-state index contributed by atoms with van der Waals surface area (Å²) >= 11 is 1.59. The van der Waals surface area contributed by atoms with Crippen molar-refractivity contribution >= 4 is 29.7 Å². The molecule has 2 rings (SSSR count). The summed E-state index contributed by atoms with van der Waals surface area (Å²) in [4.78, 5) is 16.4. The van der Waals surface area contributed by atoms with E-state index in [0.717, 1.165) is 35.7 Å². The highest BCUT2D eigenvalue weighted by molar-refractivity contribution is 7.13. The first kappa shape index (κ1) is 19.6. The lowest BCUT2D eigenvalue weighted by atomic mass is 10.1. The van der Waals surface area contributed by atoms with Crippen molar-refractivity contribution in [3.8, 4) is 10.6 Å². The minimum Gasteiger partial charge on any atom is -0.356 e. The Morgan fingerprint density at radius 3 is 2.61 bits per heavy atom. The van der Waals surface area contributed by atoms with Crippen LogP contribution in [0.1, 0.15) is 24.6 Å². The zero-order valence-corrected chi connectivity index (χ0v) is 15.2. The molecule has 1 aromatic heterocycles. The van der Waals surface area contributed by atoms with Crippen LogP contribution in [0.4, 0.5) is 0 Å². The molecule has 1 heterocycles. The first-order valence-electron chi connectivity index (χ1n) is 7.68. The van der Waals surface area contributed by atoms with Crippen LogP contribution in [-0.2, 0) is 17.6 Å². The first-order valence-corrected chi connectivity index (χ1v) is 8.56. The molecule has 2 N–H and O–H groups in total. The molecule has 0 saturated carbocycles. The molecule has 4 nitrogen and oxygen atoms in total. The van der Waals surface area contributed by atoms with Gasteiger partial charge in [-0.2, -0.15) is 0 Å². The van der Waals surface area contributed by atoms with Crippen molar-refractivity contribution in [2.75, 3.05) is 20.1 Å². The van der Waals surface area contributed by atoms with Crippen molar-refractivity contribution in [1.82, 2.24) is 15.6 Å². The number of rotatable bonds is 8. The summed E-state index contributed by atoms with van der Waals surface area (Å²) in [7, 11) is 1.91. The summed E-state index contributed by atoms with van der Waals surface area (Å²) in [5, 5.41) is 8.92. The van der Waals surface area contributed by atoms with Gasteiger partial charge in [-0.05, 0) is 32.0 Å². The van der Waals surface area contributed by atoms with Crippen molar-refractivity contribution in [1.29, 1.82) is 0 Å². The first-order chi connectivity index (χ1) is 10.7. The van der Waals surface area contributed by atoms with Gasteiger partial charge >= 0.3 is 0 Å². The maximum Gasteiger partial charge on any atom is 0.226 e. The highest BCUT2D eigenvalue weighted by Crippen LogP contribution is 2.24. The summed E-state index contributed by atoms with van der Waals surface area (Å²) in [5.41, 5.74) is 3.27. The number of aromatic nitrogens is 1. The number of carbonyl (C=O) groups excluding carboxylic acids is 1. The Morgan fingerprint density at radius 1 is 1.22 bits per heavy atom. The molecular formula is C17H24ClN3OS. The number of amides is 1. The van der Waals surface area contributed by atoms with Gasteiger partial charge in [0.1, 0.15) is 5.01 Å². The van der Waals surface area contributed by atoms with E-state index in [4.69, 9.17) is 0 Å². The molecule has 0 bridgehead atoms. The second-order valence-electron chi connectivity index (χ2n) is 5.18. The quantitative estimate of drug-likeness (QED) is 0.717. The van der Waals surface area contributed by atoms with E-state index in [0.29, 0.717) is 13.0 Å². The summed E-state index contributed by atoms with van der Waals surface area (Å²) in [6.07, 6.45) is 2.33. The summed E-state index contributed by atoms with van der Waals surface area (Å²) in [5.74, 6) is 0.0364. The van der Waals surface area contributed by atoms with Crippen LogP contribution in [0.15, 0.2) is 29.6 Å². The summed E-state index contributed by atoms with van der Waals surface area (Å²) < 4.78 is 0. The average molecular weight is 354 g/mol. The lowest BCUT2D eigenvalue weighted by Gasteiger charge is -2.03. The number of nitrogens with one attached hydrogen (secondary N) is 2. The van der Waals surface area contributed by atoms with E-state index < -0.39 is 0 Å². The molecule has 126 valence electrons. The number of thiazole rings is 1. The molecule has 0 aliphatic rings. The van der Waals surface area contributed by atoms with Gasteiger partial charge in [0, 0.05) is 17.5 Å². The molecule has 0 fully saturated rings. The number of hydrogen-bond acceptors (Lipinski definition) is 4. The Kier molecular flexibility index (Phi) is 8.84. The monoisotopic (exact) mass is 353 g/mol. The molecular weight excluding hydrogens is 330 g/mol. The molecule has 0 aliphatic carbocycles. The lowest BCUT2D eigenvalue weighted by molar-refractivity contribution is -0.120. The second kappa shape index (κ2) is 10.4. The van der Waals surface area contributed by atoms with E-state index in [-0.39, 0.29) is 18.3 Å². The summed E-state index contributed by atoms with van der Waals surface area (Å²) in [6, 6.07) is 8.45. The van der Waals surface area contributed by atoms with Crippen LogP contribution in [0.25, 0.3) is 10.6 Å². The molecule has 0 atom stereocenters. The van der Waals surface area contributed by atoms with Gasteiger partial charge in [-0.1, -0.05) is 31.2 Å². The van der Waals surface area contributed by atoms with Crippen molar-refractivity contribution in [3.05, 3.63) is 40.9 Å². The predicted octanol–water partition coefficient (Wildman–Crippen LogP) is 3.06. The van der Waals surface area contributed by atoms with Gasteiger partial charge in [0.25, 0.3) is 0 Å². The van der Waals surface area contributed by atoms with Crippen LogP contribution < -0.4 is 10.6 Å². The summed E-state index contributed by atoms with van der Waals surface area (Å²) in [6.45, 7) is 3.76. The van der Waals surface area contributed by atoms with Gasteiger partial charge in [0.05, 0.1) is 12.1 Å². The van der Waals surface area contributed by atoms with E-state index in [1.165, 1.54) is 5.56 Å². The Balaban J connectivity index is 0.00000264. The number of carbonyl (C=O) groups is 1. The smallest absolute Gasteiger partial charge is 0.226 e. The minimum absolute atomic E-state index is 0. The third-order valence-electron chi connectivity index (χ3n) is 3.43. The largest absolute Gasteiger partial charge is 0.356 e. The predicted molar refractivity (Wildman–Crippen MR) is 99.4 cm³/mol. The average Bonchev–Trinajstić information content (AvgIpc) is 3.00. The van der Waals surface area contributed by atoms with Gasteiger partial charge in [0.15, 0.2) is 0 Å². The van der Waals surface area contributed by atoms with E-state index in [1.54, 1.807) is 11.3 Å². The molecule has 2 aromatic rings. The molecule has 0 spiro atoms. The molecule has 1 aromatic carbocycles. The molecule has 0 unspecified atom stereocenters. The Morgan fingerprint density at radius 2 is 1.96 bits per heavy atom. The zero-order chi connectivity index (χ0) is 15.8. The highest BCUT2D eigenvalue weighted by Gasteiger charge is 2.08. The molecule has 0 saturated heterocycles. The molecule has 0 radical (unpaired) electrons. The Bertz CT molecular complexity index is 598. The molecule has 6 heteroatoms. The maximum absolute atomic E-state index is 11.8. The molecule has 0 aliphatic heterocycles. The number of hydrogen-bond donors (Lipinski definition) is 2. The van der Waals surface area contributed by atoms with Crippen LogP contribution in [0, 0.1) is 0 Å². The lowest BCUT2D eigenvalue weighted by Crippen LogP contribution is -2.28. The number of halogens is 1. The van der Waals surface area contributed by atoms with E-state index in [2.05, 4.69) is 46.8 Å². The van der Waals surface area contributed by atoms with Crippen LogP contribution >= 0.6 is 23.7 Å². The third-order valence-corrected chi connectivity index (χ3v) is 4.37. The van der Waals surface area contributed by atoms with Crippen LogP contribution in [0.2, 0.25) is 0 Å². The second-order valence-corrected chi connectivity index (χ2v) is 6.04. The fourth-order valence-electron chi connectivity index (χ4n) is 2.12. The zero-order valence-electron chi connectivity index (χ0n) is 13.6. The van der Waals surface area contributed by atoms with Crippen molar-refractivity contribution < 1.29 is 4.79 Å². The number of nitrogens with zero attached hydrogens (tertiary/aromatic N) is 1. The SMILES string of the molecule is CCc1ccc(-c2nc(CC(=O)NCCCNC)cs2)cc1.Cl. The minimum atomic E-state index is 0. The molecule has 23 heavy (non-hydrogen) atoms. The fourth-order valence-corrected chi connectivity index (χ4v) is 2.95. The van der Waals surface area contributed by atoms with E-state index in [9.17, 15) is 4.79 Å². The van der Waals surface area contributed by atoms with Gasteiger partial charge in [0.2, 0.25) is 5.91 Å². The molecule has 1 amide bonds. The standard InChI is InChI=1S/C17H23N3OS.ClH/c1-3-13-5-7-14(8-6-13)17-20-15(12-22-17)11-16(21)19-10-4-9-18-2;/h5-8,12,18H,3-4,9-11H2,1-2H3,(H,19,21);1H. The fraction of sp³-hybridized carbons (Fsp3) is 0.412. The normalized spacial score (nSPS) is 10.2. The Hall–Kier alpha value is -1.43. The number of benzene rings is 1. The van der Waals surface area contributed by atoms with Crippen molar-refractivity contribution in [2.45, 2.75) is 26.2 Å². The number of aryl methyl sites for hydroxylation is 1. The third kappa shape index (κ3) is 6.29. The van der Waals surface area contributed by atoms with E-state index >= 15 is 0 Å². The maximum atomic E-state index is 11.8.